The third-order valence-corrected chi connectivity index (χ3v) is 12.6. The first-order valence-corrected chi connectivity index (χ1v) is 21.5. The van der Waals surface area contributed by atoms with Crippen LogP contribution in [0.1, 0.15) is 47.6 Å². The Bertz CT molecular complexity index is 3340. The molecule has 0 spiro atoms. The van der Waals surface area contributed by atoms with Crippen LogP contribution in [0.15, 0.2) is 231 Å². The van der Waals surface area contributed by atoms with Gasteiger partial charge in [-0.15, -0.1) is 0 Å². The fourth-order valence-corrected chi connectivity index (χ4v) is 9.80. The molecule has 0 radical (unpaired) electrons. The van der Waals surface area contributed by atoms with Crippen LogP contribution in [0.3, 0.4) is 0 Å². The largest absolute Gasteiger partial charge is 0.294 e. The normalized spacial score (nSPS) is 11.9. The van der Waals surface area contributed by atoms with Crippen LogP contribution in [-0.2, 0) is 5.41 Å². The van der Waals surface area contributed by atoms with Crippen molar-refractivity contribution in [3.8, 4) is 28.3 Å². The Kier molecular flexibility index (Phi) is 9.20. The Morgan fingerprint density at radius 3 is 1.85 bits per heavy atom. The zero-order valence-corrected chi connectivity index (χ0v) is 34.8. The second kappa shape index (κ2) is 15.3. The molecule has 296 valence electrons. The van der Waals surface area contributed by atoms with Gasteiger partial charge in [0.2, 0.25) is 0 Å². The van der Waals surface area contributed by atoms with Crippen molar-refractivity contribution in [1.29, 1.82) is 0 Å². The summed E-state index contributed by atoms with van der Waals surface area (Å²) in [5.41, 5.74) is 14.5. The molecule has 11 rings (SSSR count). The molecule has 62 heavy (non-hydrogen) atoms. The van der Waals surface area contributed by atoms with E-state index in [0.29, 0.717) is 5.92 Å². The van der Waals surface area contributed by atoms with Gasteiger partial charge in [0.25, 0.3) is 6.33 Å². The summed E-state index contributed by atoms with van der Waals surface area (Å²) in [4.78, 5) is 5.10. The second-order valence-corrected chi connectivity index (χ2v) is 16.4. The number of para-hydroxylation sites is 4. The van der Waals surface area contributed by atoms with E-state index in [-0.39, 0.29) is 0 Å². The molecular weight excluding hydrogens is 753 g/mol. The Balaban J connectivity index is 1.18. The van der Waals surface area contributed by atoms with Gasteiger partial charge in [0, 0.05) is 17.0 Å². The number of imidazole rings is 1. The van der Waals surface area contributed by atoms with Crippen LogP contribution in [0.2, 0.25) is 0 Å². The van der Waals surface area contributed by atoms with Gasteiger partial charge in [-0.3, -0.25) is 4.57 Å². The molecule has 11 aromatic rings. The number of fused-ring (bicyclic) bond motifs is 4. The Labute approximate surface area is 362 Å². The predicted octanol–water partition coefficient (Wildman–Crippen LogP) is 13.6. The first kappa shape index (κ1) is 37.2. The highest BCUT2D eigenvalue weighted by molar-refractivity contribution is 6.09. The average Bonchev–Trinajstić information content (AvgIpc) is 3.89. The molecule has 0 atom stereocenters. The van der Waals surface area contributed by atoms with Crippen molar-refractivity contribution in [1.82, 2.24) is 14.1 Å². The number of pyridine rings is 1. The minimum Gasteiger partial charge on any atom is -0.294 e. The number of hydrogen-bond donors (Lipinski definition) is 0. The van der Waals surface area contributed by atoms with Gasteiger partial charge in [0.05, 0.1) is 16.4 Å². The van der Waals surface area contributed by atoms with Gasteiger partial charge < -0.3 is 0 Å². The van der Waals surface area contributed by atoms with Gasteiger partial charge in [-0.25, -0.2) is 4.98 Å². The minimum atomic E-state index is -0.697. The summed E-state index contributed by atoms with van der Waals surface area (Å²) in [5.74, 6) is 1.28. The standard InChI is InChI=1S/C58H45N4/c1-41(2)49-27-12-13-28-50(49)42-35-36-59-57(37-42)62-53-30-15-14-29-51(53)52-34-33-46(39-56(52)62)58(43-19-6-3-7-20-43,44-21-8-4-9-22-44)45-23-18-26-48(38-45)61-40-60(47-24-10-5-11-25-47)54-31-16-17-32-55(54)61/h3-41H,1-2H3/q+1. The summed E-state index contributed by atoms with van der Waals surface area (Å²) in [6.45, 7) is 4.52. The maximum Gasteiger partial charge on any atom is 0.255 e. The topological polar surface area (TPSA) is 26.6 Å². The van der Waals surface area contributed by atoms with E-state index in [1.807, 2.05) is 6.20 Å². The van der Waals surface area contributed by atoms with Crippen molar-refractivity contribution >= 4 is 32.8 Å². The van der Waals surface area contributed by atoms with E-state index in [4.69, 9.17) is 4.98 Å². The van der Waals surface area contributed by atoms with E-state index in [9.17, 15) is 0 Å². The number of benzene rings is 8. The van der Waals surface area contributed by atoms with Crippen molar-refractivity contribution in [3.05, 3.63) is 259 Å². The third kappa shape index (κ3) is 6.06. The summed E-state index contributed by atoms with van der Waals surface area (Å²) in [6, 6.07) is 79.4. The fraction of sp³-hybridized carbons (Fsp3) is 0.0690. The molecule has 3 heterocycles. The summed E-state index contributed by atoms with van der Waals surface area (Å²) >= 11 is 0. The van der Waals surface area contributed by atoms with Crippen LogP contribution >= 0.6 is 0 Å². The lowest BCUT2D eigenvalue weighted by Crippen LogP contribution is -2.31. The summed E-state index contributed by atoms with van der Waals surface area (Å²) in [5, 5.41) is 2.38. The van der Waals surface area contributed by atoms with Gasteiger partial charge in [-0.2, -0.15) is 9.13 Å². The van der Waals surface area contributed by atoms with E-state index >= 15 is 0 Å². The van der Waals surface area contributed by atoms with Crippen LogP contribution in [0, 0.1) is 0 Å². The van der Waals surface area contributed by atoms with Crippen molar-refractivity contribution in [2.75, 3.05) is 0 Å². The van der Waals surface area contributed by atoms with E-state index in [1.165, 1.54) is 44.2 Å². The highest BCUT2D eigenvalue weighted by Crippen LogP contribution is 2.47. The number of hydrogen-bond acceptors (Lipinski definition) is 1. The molecule has 0 aliphatic heterocycles. The average molecular weight is 798 g/mol. The zero-order valence-electron chi connectivity index (χ0n) is 34.8. The van der Waals surface area contributed by atoms with Gasteiger partial charge in [-0.05, 0) is 106 Å². The minimum absolute atomic E-state index is 0.391. The lowest BCUT2D eigenvalue weighted by atomic mass is 9.65. The SMILES string of the molecule is CC(C)c1ccccc1-c1ccnc(-n2c3ccccc3c3ccc(C(c4ccccc4)(c4ccccc4)c4cccc(-n5c[n+](-c6ccccc6)c6ccccc65)c4)cc32)c1. The number of rotatable bonds is 9. The maximum atomic E-state index is 5.10. The summed E-state index contributed by atoms with van der Waals surface area (Å²) < 4.78 is 6.96. The smallest absolute Gasteiger partial charge is 0.255 e. The molecule has 0 amide bonds. The van der Waals surface area contributed by atoms with Gasteiger partial charge in [-0.1, -0.05) is 172 Å². The molecule has 3 aromatic heterocycles. The van der Waals surface area contributed by atoms with Crippen molar-refractivity contribution in [2.45, 2.75) is 25.2 Å². The second-order valence-electron chi connectivity index (χ2n) is 16.4. The van der Waals surface area contributed by atoms with Crippen LogP contribution in [0.5, 0.6) is 0 Å². The Hall–Kier alpha value is -7.82. The van der Waals surface area contributed by atoms with Crippen molar-refractivity contribution in [3.63, 3.8) is 0 Å². The van der Waals surface area contributed by atoms with Crippen molar-refractivity contribution < 1.29 is 4.57 Å². The molecule has 4 heteroatoms. The Morgan fingerprint density at radius 1 is 0.484 bits per heavy atom. The van der Waals surface area contributed by atoms with Crippen LogP contribution in [0.25, 0.3) is 61.2 Å². The molecule has 4 nitrogen and oxygen atoms in total. The molecule has 8 aromatic carbocycles. The molecule has 0 unspecified atom stereocenters. The lowest BCUT2D eigenvalue weighted by Gasteiger charge is -2.37. The van der Waals surface area contributed by atoms with Crippen LogP contribution in [-0.4, -0.2) is 14.1 Å². The molecule has 0 saturated heterocycles. The highest BCUT2D eigenvalue weighted by atomic mass is 15.1. The molecule has 0 aliphatic carbocycles. The molecular formula is C58H45N4+. The predicted molar refractivity (Wildman–Crippen MR) is 255 cm³/mol. The van der Waals surface area contributed by atoms with Gasteiger partial charge in [0.1, 0.15) is 17.2 Å². The summed E-state index contributed by atoms with van der Waals surface area (Å²) in [6.07, 6.45) is 4.18. The van der Waals surface area contributed by atoms with Crippen LogP contribution in [0.4, 0.5) is 0 Å². The third-order valence-electron chi connectivity index (χ3n) is 12.6. The quantitative estimate of drug-likeness (QED) is 0.106. The molecule has 0 saturated carbocycles. The lowest BCUT2D eigenvalue weighted by molar-refractivity contribution is -0.567. The summed E-state index contributed by atoms with van der Waals surface area (Å²) in [7, 11) is 0. The van der Waals surface area contributed by atoms with E-state index in [0.717, 1.165) is 44.8 Å². The van der Waals surface area contributed by atoms with Gasteiger partial charge in [0.15, 0.2) is 11.0 Å². The fourth-order valence-electron chi connectivity index (χ4n) is 9.80. The first-order valence-electron chi connectivity index (χ1n) is 21.5. The van der Waals surface area contributed by atoms with Crippen molar-refractivity contribution in [2.24, 2.45) is 0 Å². The van der Waals surface area contributed by atoms with Gasteiger partial charge >= 0.3 is 0 Å². The van der Waals surface area contributed by atoms with E-state index in [2.05, 4.69) is 252 Å². The Morgan fingerprint density at radius 2 is 1.10 bits per heavy atom. The maximum absolute atomic E-state index is 5.10. The molecule has 0 N–H and O–H groups in total. The van der Waals surface area contributed by atoms with E-state index < -0.39 is 5.41 Å². The number of nitrogens with zero attached hydrogens (tertiary/aromatic N) is 4. The van der Waals surface area contributed by atoms with Crippen LogP contribution < -0.4 is 4.57 Å². The first-order chi connectivity index (χ1) is 30.6. The highest BCUT2D eigenvalue weighted by Gasteiger charge is 2.39. The molecule has 0 fully saturated rings. The van der Waals surface area contributed by atoms with E-state index in [1.54, 1.807) is 0 Å². The molecule has 0 bridgehead atoms. The number of aromatic nitrogens is 4. The molecule has 0 aliphatic rings. The zero-order chi connectivity index (χ0) is 41.6. The monoisotopic (exact) mass is 797 g/mol.